The average Bonchev–Trinajstić information content (AvgIpc) is 2.73. The maximum absolute atomic E-state index is 12.8. The molecule has 1 aromatic heterocycles. The van der Waals surface area contributed by atoms with Gasteiger partial charge in [0.25, 0.3) is 5.91 Å². The number of amides is 1. The highest BCUT2D eigenvalue weighted by Crippen LogP contribution is 2.31. The Morgan fingerprint density at radius 2 is 2.04 bits per heavy atom. The Bertz CT molecular complexity index is 1020. The molecular formula is C22H22N4O2. The van der Waals surface area contributed by atoms with Crippen molar-refractivity contribution in [3.05, 3.63) is 71.5 Å². The highest BCUT2D eigenvalue weighted by Gasteiger charge is 2.21. The summed E-state index contributed by atoms with van der Waals surface area (Å²) in [6.45, 7) is 2.79. The van der Waals surface area contributed by atoms with E-state index < -0.39 is 0 Å². The van der Waals surface area contributed by atoms with Crippen LogP contribution in [0.1, 0.15) is 28.0 Å². The number of nitrogens with one attached hydrogen (secondary N) is 1. The van der Waals surface area contributed by atoms with E-state index in [0.717, 1.165) is 30.6 Å². The van der Waals surface area contributed by atoms with Crippen LogP contribution in [0.5, 0.6) is 5.75 Å². The van der Waals surface area contributed by atoms with Crippen molar-refractivity contribution in [3.8, 4) is 5.75 Å². The predicted molar refractivity (Wildman–Crippen MR) is 109 cm³/mol. The molecule has 3 aromatic rings. The highest BCUT2D eigenvalue weighted by atomic mass is 16.5. The summed E-state index contributed by atoms with van der Waals surface area (Å²) in [4.78, 5) is 23.8. The maximum atomic E-state index is 12.8. The first-order chi connectivity index (χ1) is 13.7. The van der Waals surface area contributed by atoms with Crippen molar-refractivity contribution in [2.24, 2.45) is 0 Å². The number of aryl methyl sites for hydroxylation is 2. The van der Waals surface area contributed by atoms with Crippen LogP contribution >= 0.6 is 0 Å². The largest absolute Gasteiger partial charge is 0.495 e. The summed E-state index contributed by atoms with van der Waals surface area (Å²) in [6, 6.07) is 15.5. The molecule has 0 fully saturated rings. The highest BCUT2D eigenvalue weighted by molar-refractivity contribution is 6.03. The number of rotatable bonds is 4. The number of carbonyl (C=O) groups is 1. The van der Waals surface area contributed by atoms with Gasteiger partial charge in [0.15, 0.2) is 0 Å². The lowest BCUT2D eigenvalue weighted by molar-refractivity contribution is 0.102. The SMILES string of the molecule is COc1ccc(C)cc1NC(=O)c1ccnc(N2CCCc3ccccc32)n1. The molecule has 0 radical (unpaired) electrons. The number of benzene rings is 2. The molecule has 1 aliphatic heterocycles. The van der Waals surface area contributed by atoms with Gasteiger partial charge in [0.1, 0.15) is 11.4 Å². The van der Waals surface area contributed by atoms with Gasteiger partial charge in [-0.05, 0) is 55.2 Å². The molecule has 6 heteroatoms. The zero-order chi connectivity index (χ0) is 19.5. The molecule has 2 aromatic carbocycles. The van der Waals surface area contributed by atoms with Crippen LogP contribution in [0.25, 0.3) is 0 Å². The second-order valence-electron chi connectivity index (χ2n) is 6.78. The fourth-order valence-electron chi connectivity index (χ4n) is 3.45. The third-order valence-electron chi connectivity index (χ3n) is 4.83. The van der Waals surface area contributed by atoms with Crippen molar-refractivity contribution in [1.29, 1.82) is 0 Å². The van der Waals surface area contributed by atoms with E-state index in [0.29, 0.717) is 23.1 Å². The molecule has 2 heterocycles. The average molecular weight is 374 g/mol. The summed E-state index contributed by atoms with van der Waals surface area (Å²) in [6.07, 6.45) is 3.69. The molecule has 0 atom stereocenters. The zero-order valence-electron chi connectivity index (χ0n) is 16.0. The van der Waals surface area contributed by atoms with E-state index >= 15 is 0 Å². The van der Waals surface area contributed by atoms with E-state index in [4.69, 9.17) is 4.74 Å². The Labute approximate surface area is 164 Å². The van der Waals surface area contributed by atoms with Gasteiger partial charge < -0.3 is 15.0 Å². The molecule has 1 aliphatic rings. The molecule has 1 N–H and O–H groups in total. The number of anilines is 3. The summed E-state index contributed by atoms with van der Waals surface area (Å²) in [5.74, 6) is 0.854. The fourth-order valence-corrected chi connectivity index (χ4v) is 3.45. The van der Waals surface area contributed by atoms with Crippen LogP contribution in [0.3, 0.4) is 0 Å². The predicted octanol–water partition coefficient (Wildman–Crippen LogP) is 4.13. The van der Waals surface area contributed by atoms with Crippen LogP contribution in [0.4, 0.5) is 17.3 Å². The Morgan fingerprint density at radius 1 is 1.18 bits per heavy atom. The number of aromatic nitrogens is 2. The summed E-state index contributed by atoms with van der Waals surface area (Å²) < 4.78 is 5.34. The minimum atomic E-state index is -0.294. The summed E-state index contributed by atoms with van der Waals surface area (Å²) in [5, 5.41) is 2.90. The molecule has 0 bridgehead atoms. The van der Waals surface area contributed by atoms with E-state index in [9.17, 15) is 4.79 Å². The molecule has 1 amide bonds. The monoisotopic (exact) mass is 374 g/mol. The first-order valence-corrected chi connectivity index (χ1v) is 9.30. The van der Waals surface area contributed by atoms with Crippen LogP contribution in [0, 0.1) is 6.92 Å². The number of ether oxygens (including phenoxy) is 1. The lowest BCUT2D eigenvalue weighted by atomic mass is 10.0. The van der Waals surface area contributed by atoms with E-state index in [1.807, 2.05) is 37.3 Å². The van der Waals surface area contributed by atoms with Crippen LogP contribution < -0.4 is 15.0 Å². The van der Waals surface area contributed by atoms with Crippen LogP contribution in [0.2, 0.25) is 0 Å². The van der Waals surface area contributed by atoms with Crippen molar-refractivity contribution < 1.29 is 9.53 Å². The Kier molecular flexibility index (Phi) is 4.93. The molecule has 0 spiro atoms. The van der Waals surface area contributed by atoms with Gasteiger partial charge in [-0.15, -0.1) is 0 Å². The summed E-state index contributed by atoms with van der Waals surface area (Å²) in [7, 11) is 1.58. The van der Waals surface area contributed by atoms with Crippen molar-refractivity contribution >= 4 is 23.2 Å². The molecular weight excluding hydrogens is 352 g/mol. The molecule has 0 aliphatic carbocycles. The summed E-state index contributed by atoms with van der Waals surface area (Å²) in [5.41, 5.74) is 4.35. The van der Waals surface area contributed by atoms with E-state index in [-0.39, 0.29) is 5.91 Å². The molecule has 6 nitrogen and oxygen atoms in total. The minimum Gasteiger partial charge on any atom is -0.495 e. The van der Waals surface area contributed by atoms with Gasteiger partial charge >= 0.3 is 0 Å². The van der Waals surface area contributed by atoms with Crippen molar-refractivity contribution in [2.75, 3.05) is 23.9 Å². The molecule has 0 unspecified atom stereocenters. The third-order valence-corrected chi connectivity index (χ3v) is 4.83. The molecule has 28 heavy (non-hydrogen) atoms. The van der Waals surface area contributed by atoms with Crippen LogP contribution in [-0.4, -0.2) is 29.5 Å². The number of carbonyl (C=O) groups excluding carboxylic acids is 1. The van der Waals surface area contributed by atoms with Gasteiger partial charge in [-0.25, -0.2) is 9.97 Å². The number of hydrogen-bond acceptors (Lipinski definition) is 5. The summed E-state index contributed by atoms with van der Waals surface area (Å²) >= 11 is 0. The normalized spacial score (nSPS) is 13.0. The fraction of sp³-hybridized carbons (Fsp3) is 0.227. The Hall–Kier alpha value is -3.41. The van der Waals surface area contributed by atoms with Crippen molar-refractivity contribution in [3.63, 3.8) is 0 Å². The first kappa shape index (κ1) is 18.0. The van der Waals surface area contributed by atoms with Gasteiger partial charge in [-0.3, -0.25) is 4.79 Å². The third kappa shape index (κ3) is 3.53. The second kappa shape index (κ2) is 7.68. The maximum Gasteiger partial charge on any atom is 0.274 e. The van der Waals surface area contributed by atoms with Gasteiger partial charge in [0, 0.05) is 18.4 Å². The molecule has 0 saturated carbocycles. The zero-order valence-corrected chi connectivity index (χ0v) is 16.0. The molecule has 142 valence electrons. The second-order valence-corrected chi connectivity index (χ2v) is 6.78. The lowest BCUT2D eigenvalue weighted by Gasteiger charge is -2.29. The van der Waals surface area contributed by atoms with Crippen molar-refractivity contribution in [1.82, 2.24) is 9.97 Å². The quantitative estimate of drug-likeness (QED) is 0.744. The number of methoxy groups -OCH3 is 1. The number of nitrogens with zero attached hydrogens (tertiary/aromatic N) is 3. The van der Waals surface area contributed by atoms with Gasteiger partial charge in [-0.2, -0.15) is 0 Å². The molecule has 4 rings (SSSR count). The van der Waals surface area contributed by atoms with Gasteiger partial charge in [-0.1, -0.05) is 24.3 Å². The van der Waals surface area contributed by atoms with Gasteiger partial charge in [0.05, 0.1) is 12.8 Å². The Balaban J connectivity index is 1.61. The first-order valence-electron chi connectivity index (χ1n) is 9.30. The Morgan fingerprint density at radius 3 is 2.89 bits per heavy atom. The number of para-hydroxylation sites is 1. The number of fused-ring (bicyclic) bond motifs is 1. The van der Waals surface area contributed by atoms with E-state index in [1.165, 1.54) is 5.56 Å². The van der Waals surface area contributed by atoms with E-state index in [1.54, 1.807) is 19.4 Å². The van der Waals surface area contributed by atoms with Crippen LogP contribution in [-0.2, 0) is 6.42 Å². The number of hydrogen-bond donors (Lipinski definition) is 1. The standard InChI is InChI=1S/C22H22N4O2/c1-15-9-10-20(28-2)18(14-15)24-21(27)17-11-12-23-22(25-17)26-13-5-7-16-6-3-4-8-19(16)26/h3-4,6,8-12,14H,5,7,13H2,1-2H3,(H,24,27). The van der Waals surface area contributed by atoms with Gasteiger partial charge in [0.2, 0.25) is 5.95 Å². The lowest BCUT2D eigenvalue weighted by Crippen LogP contribution is -2.27. The minimum absolute atomic E-state index is 0.294. The molecule has 0 saturated heterocycles. The van der Waals surface area contributed by atoms with Crippen LogP contribution in [0.15, 0.2) is 54.7 Å². The smallest absolute Gasteiger partial charge is 0.274 e. The van der Waals surface area contributed by atoms with Crippen molar-refractivity contribution in [2.45, 2.75) is 19.8 Å². The topological polar surface area (TPSA) is 67.3 Å². The van der Waals surface area contributed by atoms with E-state index in [2.05, 4.69) is 32.3 Å².